The molecule has 49 valence electrons. The molecule has 0 aromatic heterocycles. The van der Waals surface area contributed by atoms with E-state index >= 15 is 0 Å². The molecule has 0 aromatic carbocycles. The van der Waals surface area contributed by atoms with Crippen molar-refractivity contribution in [1.82, 2.24) is 0 Å². The van der Waals surface area contributed by atoms with Crippen molar-refractivity contribution in [3.63, 3.8) is 0 Å². The van der Waals surface area contributed by atoms with Crippen LogP contribution >= 0.6 is 15.9 Å². The molecule has 0 bridgehead atoms. The number of halogens is 3. The number of hydrogen-bond acceptors (Lipinski definition) is 0. The molecule has 4 heteroatoms. The fraction of sp³-hybridized carbons (Fsp3) is 1.00. The topological polar surface area (TPSA) is 19.9 Å². The van der Waals surface area contributed by atoms with Crippen LogP contribution < -0.4 is 0 Å². The van der Waals surface area contributed by atoms with Crippen molar-refractivity contribution in [3.8, 4) is 0 Å². The molecule has 1 nitrogen and oxygen atoms in total. The van der Waals surface area contributed by atoms with E-state index in [0.29, 0.717) is 0 Å². The van der Waals surface area contributed by atoms with Gasteiger partial charge in [0.05, 0.1) is 6.61 Å². The van der Waals surface area contributed by atoms with E-state index in [1.807, 2.05) is 0 Å². The Balaban J connectivity index is 3.11. The highest BCUT2D eigenvalue weighted by atomic mass is 79.9. The van der Waals surface area contributed by atoms with E-state index in [0.717, 1.165) is 0 Å². The predicted molar refractivity (Wildman–Crippen MR) is 28.7 cm³/mol. The Morgan fingerprint density at radius 2 is 2.00 bits per heavy atom. The highest BCUT2D eigenvalue weighted by molar-refractivity contribution is 9.09. The third-order valence-corrected chi connectivity index (χ3v) is 1.00. The lowest BCUT2D eigenvalue weighted by Crippen LogP contribution is -2.04. The van der Waals surface area contributed by atoms with Crippen LogP contribution in [0.25, 0.3) is 0 Å². The standard InChI is InChI=1S/C4H6BrF2O/c5-4(6,7)2-1-3-8/h1-3H2. The first-order valence-corrected chi connectivity index (χ1v) is 3.00. The minimum absolute atomic E-state index is 0.0260. The third kappa shape index (κ3) is 6.30. The number of hydrogen-bond donors (Lipinski definition) is 0. The molecule has 0 saturated carbocycles. The molecule has 0 fully saturated rings. The zero-order valence-electron chi connectivity index (χ0n) is 4.16. The summed E-state index contributed by atoms with van der Waals surface area (Å²) in [6.07, 6.45) is -0.339. The average molecular weight is 188 g/mol. The summed E-state index contributed by atoms with van der Waals surface area (Å²) < 4.78 is 23.4. The Kier molecular flexibility index (Phi) is 3.48. The molecule has 0 spiro atoms. The van der Waals surface area contributed by atoms with Crippen LogP contribution in [0.1, 0.15) is 12.8 Å². The minimum Gasteiger partial charge on any atom is -0.237 e. The predicted octanol–water partition coefficient (Wildman–Crippen LogP) is 2.18. The molecule has 0 saturated heterocycles. The first-order chi connectivity index (χ1) is 3.56. The molecule has 0 rings (SSSR count). The molecule has 0 atom stereocenters. The maximum absolute atomic E-state index is 11.7. The van der Waals surface area contributed by atoms with Crippen LogP contribution in [0.5, 0.6) is 0 Å². The van der Waals surface area contributed by atoms with Gasteiger partial charge in [-0.25, -0.2) is 5.11 Å². The summed E-state index contributed by atoms with van der Waals surface area (Å²) in [6.45, 7) is -0.429. The second-order valence-corrected chi connectivity index (χ2v) is 2.58. The first kappa shape index (κ1) is 8.30. The fourth-order valence-electron chi connectivity index (χ4n) is 0.273. The molecule has 0 aliphatic rings. The van der Waals surface area contributed by atoms with Gasteiger partial charge < -0.3 is 0 Å². The van der Waals surface area contributed by atoms with E-state index in [2.05, 4.69) is 15.9 Å². The van der Waals surface area contributed by atoms with Crippen LogP contribution in [0.2, 0.25) is 0 Å². The molecule has 1 radical (unpaired) electrons. The zero-order chi connectivity index (χ0) is 6.62. The van der Waals surface area contributed by atoms with Crippen molar-refractivity contribution in [2.45, 2.75) is 17.7 Å². The Hall–Kier alpha value is 0.300. The molecule has 0 unspecified atom stereocenters. The van der Waals surface area contributed by atoms with E-state index < -0.39 is 11.4 Å². The Morgan fingerprint density at radius 3 is 2.12 bits per heavy atom. The van der Waals surface area contributed by atoms with E-state index in [1.165, 1.54) is 0 Å². The SMILES string of the molecule is [O]CCCC(F)(F)Br. The molecule has 0 N–H and O–H groups in total. The summed E-state index contributed by atoms with van der Waals surface area (Å²) in [7, 11) is 0. The Labute approximate surface area is 54.8 Å². The van der Waals surface area contributed by atoms with Gasteiger partial charge in [0, 0.05) is 6.42 Å². The van der Waals surface area contributed by atoms with Gasteiger partial charge in [-0.15, -0.1) is 0 Å². The maximum atomic E-state index is 11.7. The molecule has 0 heterocycles. The van der Waals surface area contributed by atoms with Crippen LogP contribution in [0, 0.1) is 0 Å². The summed E-state index contributed by atoms with van der Waals surface area (Å²) in [4.78, 5) is -2.84. The summed E-state index contributed by atoms with van der Waals surface area (Å²) in [6, 6.07) is 0. The monoisotopic (exact) mass is 187 g/mol. The van der Waals surface area contributed by atoms with Crippen LogP contribution in [0.3, 0.4) is 0 Å². The summed E-state index contributed by atoms with van der Waals surface area (Å²) in [5.74, 6) is 0. The van der Waals surface area contributed by atoms with Gasteiger partial charge in [0.25, 0.3) is 0 Å². The Bertz CT molecular complexity index is 61.5. The summed E-state index contributed by atoms with van der Waals surface area (Å²) >= 11 is 2.11. The van der Waals surface area contributed by atoms with Crippen molar-refractivity contribution in [3.05, 3.63) is 0 Å². The van der Waals surface area contributed by atoms with Crippen LogP contribution in [-0.4, -0.2) is 11.4 Å². The lowest BCUT2D eigenvalue weighted by Gasteiger charge is -2.03. The average Bonchev–Trinajstić information content (AvgIpc) is 1.59. The van der Waals surface area contributed by atoms with E-state index in [1.54, 1.807) is 0 Å². The fourth-order valence-corrected chi connectivity index (χ4v) is 0.553. The van der Waals surface area contributed by atoms with Crippen LogP contribution in [0.15, 0.2) is 0 Å². The van der Waals surface area contributed by atoms with E-state index in [-0.39, 0.29) is 12.8 Å². The third-order valence-electron chi connectivity index (χ3n) is 0.605. The van der Waals surface area contributed by atoms with Gasteiger partial charge in [0.1, 0.15) is 0 Å². The molecular weight excluding hydrogens is 182 g/mol. The normalized spacial score (nSPS) is 12.0. The van der Waals surface area contributed by atoms with Crippen molar-refractivity contribution in [1.29, 1.82) is 0 Å². The highest BCUT2D eigenvalue weighted by Gasteiger charge is 2.22. The summed E-state index contributed by atoms with van der Waals surface area (Å²) in [5.41, 5.74) is 0. The van der Waals surface area contributed by atoms with Gasteiger partial charge in [0.15, 0.2) is 0 Å². The van der Waals surface area contributed by atoms with Gasteiger partial charge in [0.2, 0.25) is 0 Å². The van der Waals surface area contributed by atoms with Gasteiger partial charge >= 0.3 is 4.83 Å². The van der Waals surface area contributed by atoms with Crippen molar-refractivity contribution in [2.24, 2.45) is 0 Å². The van der Waals surface area contributed by atoms with Gasteiger partial charge in [-0.3, -0.25) is 0 Å². The second-order valence-electron chi connectivity index (χ2n) is 1.42. The molecule has 0 amide bonds. The van der Waals surface area contributed by atoms with Crippen molar-refractivity contribution in [2.75, 3.05) is 6.61 Å². The summed E-state index contributed by atoms with van der Waals surface area (Å²) in [5, 5.41) is 9.62. The van der Waals surface area contributed by atoms with E-state index in [9.17, 15) is 13.9 Å². The Morgan fingerprint density at radius 1 is 1.50 bits per heavy atom. The maximum Gasteiger partial charge on any atom is 0.301 e. The lowest BCUT2D eigenvalue weighted by molar-refractivity contribution is 0.0846. The lowest BCUT2D eigenvalue weighted by atomic mass is 10.3. The second kappa shape index (κ2) is 3.35. The zero-order valence-corrected chi connectivity index (χ0v) is 5.75. The smallest absolute Gasteiger partial charge is 0.237 e. The highest BCUT2D eigenvalue weighted by Crippen LogP contribution is 2.26. The molecule has 0 aromatic rings. The van der Waals surface area contributed by atoms with E-state index in [4.69, 9.17) is 0 Å². The van der Waals surface area contributed by atoms with Crippen molar-refractivity contribution >= 4 is 15.9 Å². The molecule has 8 heavy (non-hydrogen) atoms. The molecular formula is C4H6BrF2O. The van der Waals surface area contributed by atoms with Gasteiger partial charge in [-0.1, -0.05) is 0 Å². The minimum atomic E-state index is -2.84. The first-order valence-electron chi connectivity index (χ1n) is 2.21. The quantitative estimate of drug-likeness (QED) is 0.605. The van der Waals surface area contributed by atoms with Crippen molar-refractivity contribution < 1.29 is 13.9 Å². The number of alkyl halides is 3. The molecule has 0 aliphatic heterocycles. The van der Waals surface area contributed by atoms with Crippen LogP contribution in [-0.2, 0) is 5.11 Å². The van der Waals surface area contributed by atoms with Gasteiger partial charge in [-0.05, 0) is 22.4 Å². The number of rotatable bonds is 3. The van der Waals surface area contributed by atoms with Gasteiger partial charge in [-0.2, -0.15) is 8.78 Å². The largest absolute Gasteiger partial charge is 0.301 e. The molecule has 0 aliphatic carbocycles. The van der Waals surface area contributed by atoms with Crippen LogP contribution in [0.4, 0.5) is 8.78 Å².